The van der Waals surface area contributed by atoms with E-state index in [1.165, 1.54) is 18.7 Å². The predicted octanol–water partition coefficient (Wildman–Crippen LogP) is 1.22. The van der Waals surface area contributed by atoms with Gasteiger partial charge < -0.3 is 5.11 Å². The highest BCUT2D eigenvalue weighted by Crippen LogP contribution is 2.14. The zero-order valence-electron chi connectivity index (χ0n) is 7.21. The van der Waals surface area contributed by atoms with Crippen LogP contribution in [0.2, 0.25) is 0 Å². The Morgan fingerprint density at radius 1 is 1.54 bits per heavy atom. The molecule has 0 saturated carbocycles. The van der Waals surface area contributed by atoms with Crippen LogP contribution in [-0.2, 0) is 4.79 Å². The van der Waals surface area contributed by atoms with E-state index >= 15 is 0 Å². The van der Waals surface area contributed by atoms with Crippen LogP contribution < -0.4 is 0 Å². The molecular formula is C9H10N2O2. The van der Waals surface area contributed by atoms with Gasteiger partial charge in [-0.1, -0.05) is 12.2 Å². The Kier molecular flexibility index (Phi) is 3.14. The summed E-state index contributed by atoms with van der Waals surface area (Å²) in [5, 5.41) is 8.85. The molecule has 0 fully saturated rings. The number of hydrogen-bond donors (Lipinski definition) is 1. The normalized spacial score (nSPS) is 13.0. The first-order valence-corrected chi connectivity index (χ1v) is 3.86. The molecule has 0 aliphatic carbocycles. The number of rotatable bonds is 3. The highest BCUT2D eigenvalue weighted by Gasteiger charge is 2.15. The third-order valence-electron chi connectivity index (χ3n) is 1.59. The Balaban J connectivity index is 2.96. The maximum Gasteiger partial charge on any atom is 0.314 e. The first-order valence-electron chi connectivity index (χ1n) is 3.86. The quantitative estimate of drug-likeness (QED) is 0.707. The maximum absolute atomic E-state index is 10.8. The number of allylic oxidation sites excluding steroid dienone is 1. The highest BCUT2D eigenvalue weighted by atomic mass is 16.4. The van der Waals surface area contributed by atoms with Crippen LogP contribution >= 0.6 is 0 Å². The Bertz CT molecular complexity index is 309. The Morgan fingerprint density at radius 3 is 2.62 bits per heavy atom. The van der Waals surface area contributed by atoms with Crippen LogP contribution in [0.5, 0.6) is 0 Å². The Hall–Kier alpha value is -1.71. The van der Waals surface area contributed by atoms with Crippen molar-refractivity contribution in [2.45, 2.75) is 12.8 Å². The van der Waals surface area contributed by atoms with Gasteiger partial charge in [0.25, 0.3) is 0 Å². The average Bonchev–Trinajstić information content (AvgIpc) is 2.15. The molecule has 68 valence electrons. The van der Waals surface area contributed by atoms with E-state index in [0.29, 0.717) is 5.56 Å². The van der Waals surface area contributed by atoms with E-state index in [4.69, 9.17) is 5.11 Å². The van der Waals surface area contributed by atoms with E-state index in [9.17, 15) is 4.79 Å². The maximum atomic E-state index is 10.8. The van der Waals surface area contributed by atoms with Crippen molar-refractivity contribution in [3.63, 3.8) is 0 Å². The summed E-state index contributed by atoms with van der Waals surface area (Å²) in [6.45, 7) is 1.78. The van der Waals surface area contributed by atoms with Gasteiger partial charge in [0.15, 0.2) is 0 Å². The molecule has 0 bridgehead atoms. The van der Waals surface area contributed by atoms with Crippen LogP contribution in [0.15, 0.2) is 30.9 Å². The monoisotopic (exact) mass is 178 g/mol. The second-order valence-electron chi connectivity index (χ2n) is 2.51. The van der Waals surface area contributed by atoms with Gasteiger partial charge in [0, 0.05) is 18.0 Å². The minimum absolute atomic E-state index is 0.591. The summed E-state index contributed by atoms with van der Waals surface area (Å²) in [5.74, 6) is -1.54. The second-order valence-corrected chi connectivity index (χ2v) is 2.51. The van der Waals surface area contributed by atoms with Gasteiger partial charge in [-0.3, -0.25) is 4.79 Å². The van der Waals surface area contributed by atoms with E-state index in [2.05, 4.69) is 9.97 Å². The van der Waals surface area contributed by atoms with Gasteiger partial charge in [0.05, 0.1) is 0 Å². The van der Waals surface area contributed by atoms with E-state index in [0.717, 1.165) is 0 Å². The van der Waals surface area contributed by atoms with Crippen molar-refractivity contribution in [3.05, 3.63) is 36.4 Å². The molecule has 0 aliphatic rings. The van der Waals surface area contributed by atoms with Gasteiger partial charge >= 0.3 is 5.97 Å². The van der Waals surface area contributed by atoms with Crippen molar-refractivity contribution < 1.29 is 9.90 Å². The van der Waals surface area contributed by atoms with Crippen molar-refractivity contribution in [2.75, 3.05) is 0 Å². The van der Waals surface area contributed by atoms with Crippen molar-refractivity contribution in [1.29, 1.82) is 0 Å². The van der Waals surface area contributed by atoms with Crippen LogP contribution in [0.4, 0.5) is 0 Å². The van der Waals surface area contributed by atoms with Crippen LogP contribution in [0.1, 0.15) is 18.4 Å². The number of hydrogen-bond acceptors (Lipinski definition) is 3. The summed E-state index contributed by atoms with van der Waals surface area (Å²) in [5.41, 5.74) is 0.591. The number of carboxylic acid groups (broad SMARTS) is 1. The van der Waals surface area contributed by atoms with Gasteiger partial charge in [-0.2, -0.15) is 0 Å². The smallest absolute Gasteiger partial charge is 0.314 e. The topological polar surface area (TPSA) is 63.1 Å². The Labute approximate surface area is 76.0 Å². The molecule has 4 heteroatoms. The van der Waals surface area contributed by atoms with Crippen molar-refractivity contribution in [2.24, 2.45) is 0 Å². The Morgan fingerprint density at radius 2 is 2.15 bits per heavy atom. The molecule has 1 heterocycles. The van der Waals surface area contributed by atoms with E-state index in [1.807, 2.05) is 0 Å². The van der Waals surface area contributed by atoms with E-state index in [1.54, 1.807) is 19.1 Å². The lowest BCUT2D eigenvalue weighted by molar-refractivity contribution is -0.137. The molecule has 1 atom stereocenters. The molecule has 0 aromatic carbocycles. The lowest BCUT2D eigenvalue weighted by Gasteiger charge is -2.05. The van der Waals surface area contributed by atoms with Crippen molar-refractivity contribution in [3.8, 4) is 0 Å². The molecule has 0 saturated heterocycles. The molecule has 4 nitrogen and oxygen atoms in total. The lowest BCUT2D eigenvalue weighted by Crippen LogP contribution is -2.09. The van der Waals surface area contributed by atoms with Gasteiger partial charge in [0.1, 0.15) is 12.2 Å². The molecule has 0 aliphatic heterocycles. The minimum Gasteiger partial charge on any atom is -0.481 e. The van der Waals surface area contributed by atoms with Crippen LogP contribution in [-0.4, -0.2) is 21.0 Å². The number of nitrogens with zero attached hydrogens (tertiary/aromatic N) is 2. The zero-order chi connectivity index (χ0) is 9.68. The summed E-state index contributed by atoms with van der Waals surface area (Å²) in [7, 11) is 0. The molecule has 0 radical (unpaired) electrons. The highest BCUT2D eigenvalue weighted by molar-refractivity contribution is 5.78. The zero-order valence-corrected chi connectivity index (χ0v) is 7.21. The summed E-state index contributed by atoms with van der Waals surface area (Å²) in [4.78, 5) is 18.3. The minimum atomic E-state index is -0.895. The second kappa shape index (κ2) is 4.35. The average molecular weight is 178 g/mol. The van der Waals surface area contributed by atoms with Crippen LogP contribution in [0.3, 0.4) is 0 Å². The predicted molar refractivity (Wildman–Crippen MR) is 47.2 cm³/mol. The number of carbonyl (C=O) groups is 1. The molecule has 13 heavy (non-hydrogen) atoms. The summed E-state index contributed by atoms with van der Waals surface area (Å²) < 4.78 is 0. The van der Waals surface area contributed by atoms with Gasteiger partial charge in [0.2, 0.25) is 0 Å². The molecule has 1 unspecified atom stereocenters. The molecule has 1 rings (SSSR count). The summed E-state index contributed by atoms with van der Waals surface area (Å²) in [6, 6.07) is 0. The van der Waals surface area contributed by atoms with Gasteiger partial charge in [-0.05, 0) is 6.92 Å². The number of aliphatic carboxylic acids is 1. The summed E-state index contributed by atoms with van der Waals surface area (Å²) >= 11 is 0. The fourth-order valence-electron chi connectivity index (χ4n) is 1.000. The van der Waals surface area contributed by atoms with E-state index in [-0.39, 0.29) is 0 Å². The van der Waals surface area contributed by atoms with Crippen molar-refractivity contribution >= 4 is 5.97 Å². The molecule has 1 N–H and O–H groups in total. The molecular weight excluding hydrogens is 168 g/mol. The fraction of sp³-hybridized carbons (Fsp3) is 0.222. The first-order chi connectivity index (χ1) is 6.25. The van der Waals surface area contributed by atoms with Crippen molar-refractivity contribution in [1.82, 2.24) is 9.97 Å². The fourth-order valence-corrected chi connectivity index (χ4v) is 1.000. The lowest BCUT2D eigenvalue weighted by atomic mass is 10.0. The van der Waals surface area contributed by atoms with E-state index < -0.39 is 11.9 Å². The number of carboxylic acids is 1. The molecule has 1 aromatic rings. The van der Waals surface area contributed by atoms with Crippen LogP contribution in [0.25, 0.3) is 0 Å². The van der Waals surface area contributed by atoms with Gasteiger partial charge in [-0.15, -0.1) is 0 Å². The third kappa shape index (κ3) is 2.37. The van der Waals surface area contributed by atoms with Gasteiger partial charge in [-0.25, -0.2) is 9.97 Å². The molecule has 0 amide bonds. The summed E-state index contributed by atoms with van der Waals surface area (Å²) in [6.07, 6.45) is 7.68. The SMILES string of the molecule is C/C=C/C(C(=O)O)c1cncnc1. The number of aromatic nitrogens is 2. The molecule has 1 aromatic heterocycles. The van der Waals surface area contributed by atoms with Crippen LogP contribution in [0, 0.1) is 0 Å². The standard InChI is InChI=1S/C9H10N2O2/c1-2-3-8(9(12)13)7-4-10-6-11-5-7/h2-6,8H,1H3,(H,12,13)/b3-2+. The molecule has 0 spiro atoms. The largest absolute Gasteiger partial charge is 0.481 e. The third-order valence-corrected chi connectivity index (χ3v) is 1.59. The first kappa shape index (κ1) is 9.38.